The fraction of sp³-hybridized carbons (Fsp3) is 1.00. The number of piperidine rings is 1. The van der Waals surface area contributed by atoms with Gasteiger partial charge in [0.1, 0.15) is 0 Å². The molecule has 1 spiro atoms. The average Bonchev–Trinajstić information content (AvgIpc) is 2.71. The van der Waals surface area contributed by atoms with E-state index in [2.05, 4.69) is 37.9 Å². The first-order valence-corrected chi connectivity index (χ1v) is 13.1. The van der Waals surface area contributed by atoms with Crippen molar-refractivity contribution in [1.82, 2.24) is 10.2 Å². The number of rotatable bonds is 13. The second-order valence-corrected chi connectivity index (χ2v) is 10.3. The molecule has 1 unspecified atom stereocenters. The topological polar surface area (TPSA) is 15.3 Å². The molecule has 2 heteroatoms. The van der Waals surface area contributed by atoms with Gasteiger partial charge in [-0.05, 0) is 88.6 Å². The molecule has 28 heavy (non-hydrogen) atoms. The quantitative estimate of drug-likeness (QED) is 0.334. The third-order valence-electron chi connectivity index (χ3n) is 7.99. The van der Waals surface area contributed by atoms with Gasteiger partial charge in [-0.2, -0.15) is 0 Å². The van der Waals surface area contributed by atoms with Gasteiger partial charge in [-0.25, -0.2) is 0 Å². The number of hydrogen-bond acceptors (Lipinski definition) is 2. The SMILES string of the molecule is CCCCCC(CC)NC1CCC2(CC1)CCN(CC(CCC)CCC)CC2. The van der Waals surface area contributed by atoms with Gasteiger partial charge in [-0.1, -0.05) is 59.8 Å². The van der Waals surface area contributed by atoms with Crippen LogP contribution in [0.15, 0.2) is 0 Å². The van der Waals surface area contributed by atoms with Crippen molar-refractivity contribution in [2.75, 3.05) is 19.6 Å². The van der Waals surface area contributed by atoms with Crippen molar-refractivity contribution in [3.63, 3.8) is 0 Å². The zero-order valence-corrected chi connectivity index (χ0v) is 19.9. The normalized spacial score (nSPS) is 22.2. The van der Waals surface area contributed by atoms with Crippen LogP contribution in [0.25, 0.3) is 0 Å². The highest BCUT2D eigenvalue weighted by Gasteiger charge is 2.38. The number of likely N-dealkylation sites (tertiary alicyclic amines) is 1. The van der Waals surface area contributed by atoms with E-state index in [1.54, 1.807) is 0 Å². The van der Waals surface area contributed by atoms with Crippen LogP contribution in [0.5, 0.6) is 0 Å². The van der Waals surface area contributed by atoms with E-state index >= 15 is 0 Å². The van der Waals surface area contributed by atoms with Crippen molar-refractivity contribution < 1.29 is 0 Å². The van der Waals surface area contributed by atoms with E-state index in [9.17, 15) is 0 Å². The predicted molar refractivity (Wildman–Crippen MR) is 125 cm³/mol. The summed E-state index contributed by atoms with van der Waals surface area (Å²) >= 11 is 0. The summed E-state index contributed by atoms with van der Waals surface area (Å²) in [4.78, 5) is 2.81. The molecule has 1 saturated heterocycles. The van der Waals surface area contributed by atoms with Crippen molar-refractivity contribution in [3.05, 3.63) is 0 Å². The second kappa shape index (κ2) is 13.3. The van der Waals surface area contributed by atoms with Crippen LogP contribution < -0.4 is 5.32 Å². The van der Waals surface area contributed by atoms with Crippen molar-refractivity contribution in [2.45, 2.75) is 136 Å². The molecule has 0 aromatic rings. The lowest BCUT2D eigenvalue weighted by Crippen LogP contribution is -2.47. The summed E-state index contributed by atoms with van der Waals surface area (Å²) in [6, 6.07) is 1.57. The van der Waals surface area contributed by atoms with Crippen molar-refractivity contribution in [1.29, 1.82) is 0 Å². The summed E-state index contributed by atoms with van der Waals surface area (Å²) < 4.78 is 0. The molecule has 2 aliphatic rings. The molecule has 2 rings (SSSR count). The van der Waals surface area contributed by atoms with Gasteiger partial charge < -0.3 is 10.2 Å². The standard InChI is InChI=1S/C26H52N2/c1-5-9-10-13-24(8-4)27-25-14-16-26(17-15-25)18-20-28(21-19-26)22-23(11-6-2)12-7-3/h23-25,27H,5-22H2,1-4H3. The highest BCUT2D eigenvalue weighted by molar-refractivity contribution is 4.93. The molecule has 0 amide bonds. The molecule has 0 radical (unpaired) electrons. The van der Waals surface area contributed by atoms with Crippen molar-refractivity contribution in [3.8, 4) is 0 Å². The molecule has 166 valence electrons. The minimum Gasteiger partial charge on any atom is -0.311 e. The first-order valence-electron chi connectivity index (χ1n) is 13.1. The molecule has 2 nitrogen and oxygen atoms in total. The molecule has 0 aromatic carbocycles. The van der Waals surface area contributed by atoms with E-state index in [0.29, 0.717) is 5.41 Å². The maximum Gasteiger partial charge on any atom is 0.00700 e. The molecule has 1 atom stereocenters. The van der Waals surface area contributed by atoms with Gasteiger partial charge in [-0.3, -0.25) is 0 Å². The van der Waals surface area contributed by atoms with Crippen LogP contribution in [0.4, 0.5) is 0 Å². The van der Waals surface area contributed by atoms with E-state index in [4.69, 9.17) is 0 Å². The van der Waals surface area contributed by atoms with E-state index in [0.717, 1.165) is 18.0 Å². The molecule has 0 aromatic heterocycles. The van der Waals surface area contributed by atoms with E-state index in [-0.39, 0.29) is 0 Å². The molecular formula is C26H52N2. The largest absolute Gasteiger partial charge is 0.311 e. The summed E-state index contributed by atoms with van der Waals surface area (Å²) in [6.07, 6.45) is 21.2. The molecule has 2 fully saturated rings. The Morgan fingerprint density at radius 3 is 2.00 bits per heavy atom. The molecular weight excluding hydrogens is 340 g/mol. The van der Waals surface area contributed by atoms with Gasteiger partial charge in [-0.15, -0.1) is 0 Å². The van der Waals surface area contributed by atoms with Crippen LogP contribution in [-0.4, -0.2) is 36.6 Å². The molecule has 0 bridgehead atoms. The minimum atomic E-state index is 0.698. The van der Waals surface area contributed by atoms with Gasteiger partial charge in [0.2, 0.25) is 0 Å². The Labute approximate surface area is 177 Å². The summed E-state index contributed by atoms with van der Waals surface area (Å²) in [5, 5.41) is 4.04. The zero-order valence-electron chi connectivity index (χ0n) is 19.9. The molecule has 1 aliphatic carbocycles. The summed E-state index contributed by atoms with van der Waals surface area (Å²) in [5.41, 5.74) is 0.698. The Bertz CT molecular complexity index is 370. The van der Waals surface area contributed by atoms with Crippen LogP contribution in [-0.2, 0) is 0 Å². The lowest BCUT2D eigenvalue weighted by molar-refractivity contribution is 0.0483. The highest BCUT2D eigenvalue weighted by atomic mass is 15.1. The fourth-order valence-corrected chi connectivity index (χ4v) is 5.99. The van der Waals surface area contributed by atoms with Crippen LogP contribution in [0.3, 0.4) is 0 Å². The van der Waals surface area contributed by atoms with E-state index < -0.39 is 0 Å². The Kier molecular flexibility index (Phi) is 11.5. The van der Waals surface area contributed by atoms with Crippen molar-refractivity contribution in [2.24, 2.45) is 11.3 Å². The predicted octanol–water partition coefficient (Wildman–Crippen LogP) is 7.18. The molecule has 1 heterocycles. The van der Waals surface area contributed by atoms with Crippen LogP contribution in [0.1, 0.15) is 124 Å². The number of nitrogens with one attached hydrogen (secondary N) is 1. The smallest absolute Gasteiger partial charge is 0.00700 e. The lowest BCUT2D eigenvalue weighted by Gasteiger charge is -2.47. The Hall–Kier alpha value is -0.0800. The number of hydrogen-bond donors (Lipinski definition) is 1. The number of nitrogens with zero attached hydrogens (tertiary/aromatic N) is 1. The summed E-state index contributed by atoms with van der Waals surface area (Å²) in [5.74, 6) is 0.947. The molecule has 1 saturated carbocycles. The summed E-state index contributed by atoms with van der Waals surface area (Å²) in [7, 11) is 0. The van der Waals surface area contributed by atoms with Gasteiger partial charge in [0, 0.05) is 18.6 Å². The average molecular weight is 393 g/mol. The van der Waals surface area contributed by atoms with Gasteiger partial charge in [0.25, 0.3) is 0 Å². The minimum absolute atomic E-state index is 0.698. The first-order chi connectivity index (χ1) is 13.6. The van der Waals surface area contributed by atoms with Crippen LogP contribution >= 0.6 is 0 Å². The third kappa shape index (κ3) is 7.98. The molecule has 1 N–H and O–H groups in total. The lowest BCUT2D eigenvalue weighted by atomic mass is 9.66. The fourth-order valence-electron chi connectivity index (χ4n) is 5.99. The Balaban J connectivity index is 1.70. The monoisotopic (exact) mass is 392 g/mol. The van der Waals surface area contributed by atoms with Crippen LogP contribution in [0, 0.1) is 11.3 Å². The first kappa shape index (κ1) is 24.2. The van der Waals surface area contributed by atoms with Gasteiger partial charge in [0.15, 0.2) is 0 Å². The maximum absolute atomic E-state index is 4.04. The summed E-state index contributed by atoms with van der Waals surface area (Å²) in [6.45, 7) is 13.5. The van der Waals surface area contributed by atoms with Crippen molar-refractivity contribution >= 4 is 0 Å². The zero-order chi connectivity index (χ0) is 20.2. The molecule has 1 aliphatic heterocycles. The Morgan fingerprint density at radius 2 is 1.46 bits per heavy atom. The third-order valence-corrected chi connectivity index (χ3v) is 7.99. The maximum atomic E-state index is 4.04. The van der Waals surface area contributed by atoms with Crippen LogP contribution in [0.2, 0.25) is 0 Å². The van der Waals surface area contributed by atoms with Gasteiger partial charge in [0.05, 0.1) is 0 Å². The Morgan fingerprint density at radius 1 is 0.821 bits per heavy atom. The van der Waals surface area contributed by atoms with E-state index in [1.807, 2.05) is 0 Å². The van der Waals surface area contributed by atoms with Gasteiger partial charge >= 0.3 is 0 Å². The van der Waals surface area contributed by atoms with E-state index in [1.165, 1.54) is 116 Å². The second-order valence-electron chi connectivity index (χ2n) is 10.3. The number of unbranched alkanes of at least 4 members (excludes halogenated alkanes) is 2. The highest BCUT2D eigenvalue weighted by Crippen LogP contribution is 2.45.